The number of rotatable bonds is 5. The van der Waals surface area contributed by atoms with E-state index in [4.69, 9.17) is 10.8 Å². The van der Waals surface area contributed by atoms with Crippen LogP contribution in [0, 0.1) is 0 Å². The summed E-state index contributed by atoms with van der Waals surface area (Å²) in [5, 5.41) is 9.01. The van der Waals surface area contributed by atoms with E-state index in [1.54, 1.807) is 16.7 Å². The van der Waals surface area contributed by atoms with E-state index in [1.165, 1.54) is 0 Å². The fourth-order valence-electron chi connectivity index (χ4n) is 2.58. The van der Waals surface area contributed by atoms with Crippen molar-refractivity contribution in [1.82, 2.24) is 4.90 Å². The first-order valence-corrected chi connectivity index (χ1v) is 8.14. The summed E-state index contributed by atoms with van der Waals surface area (Å²) in [5.74, 6) is 0.183. The highest BCUT2D eigenvalue weighted by Crippen LogP contribution is 2.24. The summed E-state index contributed by atoms with van der Waals surface area (Å²) in [5.41, 5.74) is 6.68. The summed E-state index contributed by atoms with van der Waals surface area (Å²) in [6.45, 7) is 0.817. The van der Waals surface area contributed by atoms with Gasteiger partial charge in [-0.2, -0.15) is 11.8 Å². The van der Waals surface area contributed by atoms with E-state index in [1.807, 2.05) is 30.3 Å². The van der Waals surface area contributed by atoms with E-state index >= 15 is 0 Å². The molecule has 1 aliphatic rings. The summed E-state index contributed by atoms with van der Waals surface area (Å²) in [6, 6.07) is 9.19. The van der Waals surface area contributed by atoms with Crippen molar-refractivity contribution in [2.24, 2.45) is 5.73 Å². The van der Waals surface area contributed by atoms with Crippen molar-refractivity contribution < 1.29 is 14.7 Å². The van der Waals surface area contributed by atoms with Crippen LogP contribution in [0.1, 0.15) is 17.9 Å². The van der Waals surface area contributed by atoms with Gasteiger partial charge in [0, 0.05) is 24.6 Å². The van der Waals surface area contributed by atoms with Gasteiger partial charge < -0.3 is 15.7 Å². The monoisotopic (exact) mass is 308 g/mol. The Labute approximate surface area is 128 Å². The number of carbonyl (C=O) groups excluding carboxylic acids is 1. The molecule has 6 heteroatoms. The number of thioether (sulfide) groups is 1. The van der Waals surface area contributed by atoms with Crippen molar-refractivity contribution in [3.05, 3.63) is 35.9 Å². The van der Waals surface area contributed by atoms with Gasteiger partial charge in [-0.15, -0.1) is 0 Å². The van der Waals surface area contributed by atoms with Gasteiger partial charge in [-0.1, -0.05) is 30.3 Å². The smallest absolute Gasteiger partial charge is 0.305 e. The zero-order valence-electron chi connectivity index (χ0n) is 11.8. The maximum atomic E-state index is 12.8. The first-order chi connectivity index (χ1) is 10.1. The quantitative estimate of drug-likeness (QED) is 0.852. The number of carbonyl (C=O) groups is 2. The van der Waals surface area contributed by atoms with Crippen LogP contribution in [0.3, 0.4) is 0 Å². The molecule has 0 spiro atoms. The van der Waals surface area contributed by atoms with E-state index in [9.17, 15) is 9.59 Å². The minimum absolute atomic E-state index is 0.00911. The van der Waals surface area contributed by atoms with Gasteiger partial charge in [0.25, 0.3) is 0 Å². The molecule has 1 aromatic carbocycles. The zero-order chi connectivity index (χ0) is 15.2. The van der Waals surface area contributed by atoms with Crippen molar-refractivity contribution in [3.63, 3.8) is 0 Å². The van der Waals surface area contributed by atoms with Crippen LogP contribution in [0.15, 0.2) is 30.3 Å². The Bertz CT molecular complexity index is 495. The lowest BCUT2D eigenvalue weighted by atomic mass is 9.96. The third kappa shape index (κ3) is 3.98. The molecule has 1 amide bonds. The number of carboxylic acid groups (broad SMARTS) is 1. The molecule has 0 bridgehead atoms. The number of carboxylic acids is 1. The maximum absolute atomic E-state index is 12.8. The second kappa shape index (κ2) is 7.47. The maximum Gasteiger partial charge on any atom is 0.305 e. The molecule has 0 saturated carbocycles. The van der Waals surface area contributed by atoms with Gasteiger partial charge >= 0.3 is 5.97 Å². The normalized spacial score (nSPS) is 20.0. The minimum Gasteiger partial charge on any atom is -0.481 e. The molecule has 3 N–H and O–H groups in total. The lowest BCUT2D eigenvalue weighted by Crippen LogP contribution is -2.49. The van der Waals surface area contributed by atoms with Crippen LogP contribution in [0.5, 0.6) is 0 Å². The van der Waals surface area contributed by atoms with Crippen LogP contribution in [0.2, 0.25) is 0 Å². The number of aliphatic carboxylic acids is 1. The van der Waals surface area contributed by atoms with E-state index in [0.717, 1.165) is 11.3 Å². The van der Waals surface area contributed by atoms with Gasteiger partial charge in [-0.05, 0) is 5.56 Å². The molecule has 5 nitrogen and oxygen atoms in total. The number of nitrogens with two attached hydrogens (primary N) is 1. The molecular formula is C15H20N2O3S. The Morgan fingerprint density at radius 1 is 1.38 bits per heavy atom. The van der Waals surface area contributed by atoms with Crippen molar-refractivity contribution >= 4 is 23.6 Å². The third-order valence-electron chi connectivity index (χ3n) is 3.66. The van der Waals surface area contributed by atoms with Crippen LogP contribution in [-0.4, -0.2) is 52.5 Å². The van der Waals surface area contributed by atoms with Crippen LogP contribution in [-0.2, 0) is 9.59 Å². The minimum atomic E-state index is -0.871. The predicted molar refractivity (Wildman–Crippen MR) is 83.3 cm³/mol. The fraction of sp³-hybridized carbons (Fsp3) is 0.467. The topological polar surface area (TPSA) is 83.6 Å². The summed E-state index contributed by atoms with van der Waals surface area (Å²) in [6.07, 6.45) is -0.00911. The second-order valence-electron chi connectivity index (χ2n) is 5.06. The highest BCUT2D eigenvalue weighted by Gasteiger charge is 2.33. The Kier molecular flexibility index (Phi) is 5.64. The van der Waals surface area contributed by atoms with Crippen molar-refractivity contribution in [2.45, 2.75) is 18.4 Å². The molecule has 0 aliphatic carbocycles. The van der Waals surface area contributed by atoms with Crippen LogP contribution < -0.4 is 5.73 Å². The molecule has 0 aromatic heterocycles. The van der Waals surface area contributed by atoms with Gasteiger partial charge in [-0.3, -0.25) is 9.59 Å². The Balaban J connectivity index is 2.16. The summed E-state index contributed by atoms with van der Waals surface area (Å²) < 4.78 is 0. The average molecular weight is 308 g/mol. The van der Waals surface area contributed by atoms with Crippen molar-refractivity contribution in [2.75, 3.05) is 24.6 Å². The lowest BCUT2D eigenvalue weighted by molar-refractivity contribution is -0.140. The summed E-state index contributed by atoms with van der Waals surface area (Å²) in [4.78, 5) is 25.4. The van der Waals surface area contributed by atoms with Crippen LogP contribution >= 0.6 is 11.8 Å². The third-order valence-corrected chi connectivity index (χ3v) is 4.75. The number of amides is 1. The van der Waals surface area contributed by atoms with Crippen LogP contribution in [0.4, 0.5) is 0 Å². The highest BCUT2D eigenvalue weighted by atomic mass is 32.2. The first-order valence-electron chi connectivity index (χ1n) is 6.98. The molecule has 1 saturated heterocycles. The molecule has 1 fully saturated rings. The molecule has 1 aliphatic heterocycles. The highest BCUT2D eigenvalue weighted by molar-refractivity contribution is 7.99. The molecule has 21 heavy (non-hydrogen) atoms. The average Bonchev–Trinajstić information content (AvgIpc) is 2.49. The molecule has 114 valence electrons. The number of nitrogens with zero attached hydrogens (tertiary/aromatic N) is 1. The number of hydrogen-bond acceptors (Lipinski definition) is 4. The molecule has 1 heterocycles. The van der Waals surface area contributed by atoms with Gasteiger partial charge in [0.15, 0.2) is 0 Å². The summed E-state index contributed by atoms with van der Waals surface area (Å²) >= 11 is 1.69. The van der Waals surface area contributed by atoms with Crippen molar-refractivity contribution in [1.29, 1.82) is 0 Å². The van der Waals surface area contributed by atoms with Gasteiger partial charge in [0.1, 0.15) is 0 Å². The lowest BCUT2D eigenvalue weighted by Gasteiger charge is -2.36. The Morgan fingerprint density at radius 2 is 2.10 bits per heavy atom. The second-order valence-corrected chi connectivity index (χ2v) is 6.21. The Hall–Kier alpha value is -1.53. The fourth-order valence-corrected chi connectivity index (χ4v) is 3.64. The zero-order valence-corrected chi connectivity index (χ0v) is 12.6. The molecule has 2 unspecified atom stereocenters. The largest absolute Gasteiger partial charge is 0.481 e. The van der Waals surface area contributed by atoms with Crippen molar-refractivity contribution in [3.8, 4) is 0 Å². The van der Waals surface area contributed by atoms with Gasteiger partial charge in [-0.25, -0.2) is 0 Å². The predicted octanol–water partition coefficient (Wildman–Crippen LogP) is 1.15. The molecule has 0 radical (unpaired) electrons. The van der Waals surface area contributed by atoms with Crippen LogP contribution in [0.25, 0.3) is 0 Å². The van der Waals surface area contributed by atoms with E-state index in [-0.39, 0.29) is 24.9 Å². The first kappa shape index (κ1) is 15.9. The van der Waals surface area contributed by atoms with Gasteiger partial charge in [0.05, 0.1) is 18.4 Å². The Morgan fingerprint density at radius 3 is 2.71 bits per heavy atom. The van der Waals surface area contributed by atoms with Gasteiger partial charge in [0.2, 0.25) is 5.91 Å². The molecular weight excluding hydrogens is 288 g/mol. The summed E-state index contributed by atoms with van der Waals surface area (Å²) in [7, 11) is 0. The number of hydrogen-bond donors (Lipinski definition) is 2. The standard InChI is InChI=1S/C15H20N2O3S/c16-9-13(11-4-2-1-3-5-11)15(20)17-6-7-21-10-12(17)8-14(18)19/h1-5,12-13H,6-10,16H2,(H,18,19). The number of benzene rings is 1. The molecule has 2 atom stereocenters. The molecule has 2 rings (SSSR count). The van der Waals surface area contributed by atoms with E-state index in [0.29, 0.717) is 12.3 Å². The SMILES string of the molecule is NCC(C(=O)N1CCSCC1CC(=O)O)c1ccccc1. The van der Waals surface area contributed by atoms with E-state index in [2.05, 4.69) is 0 Å². The van der Waals surface area contributed by atoms with E-state index < -0.39 is 11.9 Å². The molecule has 1 aromatic rings.